The molecule has 0 bridgehead atoms. The number of carbonyl (C=O) groups excluding carboxylic acids is 1. The fraction of sp³-hybridized carbons (Fsp3) is 0.231. The first kappa shape index (κ1) is 12.9. The summed E-state index contributed by atoms with van der Waals surface area (Å²) in [4.78, 5) is 23.1. The van der Waals surface area contributed by atoms with Crippen molar-refractivity contribution in [2.24, 2.45) is 0 Å². The lowest BCUT2D eigenvalue weighted by molar-refractivity contribution is -0.142. The predicted molar refractivity (Wildman–Crippen MR) is 64.9 cm³/mol. The summed E-state index contributed by atoms with van der Waals surface area (Å²) in [6.45, 7) is 0.639. The molecule has 2 N–H and O–H groups in total. The van der Waals surface area contributed by atoms with Gasteiger partial charge in [-0.2, -0.15) is 0 Å². The number of carboxylic acid groups (broad SMARTS) is 1. The standard InChI is InChI=1S/C13H13NO5/c15-12(10-8-18-6-7-19-10)14-11(13(16)17)9-4-2-1-3-5-9/h1-5,8,11H,6-7H2,(H,14,15)(H,16,17)/t11-/m1/s1. The van der Waals surface area contributed by atoms with Crippen LogP contribution in [0.1, 0.15) is 11.6 Å². The molecule has 0 aliphatic carbocycles. The second-order valence-electron chi connectivity index (χ2n) is 3.86. The summed E-state index contributed by atoms with van der Waals surface area (Å²) in [6.07, 6.45) is 1.18. The van der Waals surface area contributed by atoms with E-state index < -0.39 is 17.9 Å². The van der Waals surface area contributed by atoms with Crippen molar-refractivity contribution >= 4 is 11.9 Å². The zero-order valence-corrected chi connectivity index (χ0v) is 10.0. The van der Waals surface area contributed by atoms with E-state index in [-0.39, 0.29) is 12.4 Å². The summed E-state index contributed by atoms with van der Waals surface area (Å²) in [7, 11) is 0. The first-order chi connectivity index (χ1) is 9.18. The monoisotopic (exact) mass is 263 g/mol. The third kappa shape index (κ3) is 3.25. The van der Waals surface area contributed by atoms with Gasteiger partial charge in [0.25, 0.3) is 5.91 Å². The van der Waals surface area contributed by atoms with E-state index >= 15 is 0 Å². The maximum absolute atomic E-state index is 11.8. The average Bonchev–Trinajstić information content (AvgIpc) is 2.46. The van der Waals surface area contributed by atoms with Gasteiger partial charge in [0, 0.05) is 0 Å². The van der Waals surface area contributed by atoms with E-state index in [2.05, 4.69) is 5.32 Å². The highest BCUT2D eigenvalue weighted by Gasteiger charge is 2.25. The van der Waals surface area contributed by atoms with Crippen molar-refractivity contribution in [3.8, 4) is 0 Å². The Hall–Kier alpha value is -2.50. The van der Waals surface area contributed by atoms with Gasteiger partial charge in [-0.25, -0.2) is 4.79 Å². The van der Waals surface area contributed by atoms with E-state index in [1.807, 2.05) is 0 Å². The molecule has 6 heteroatoms. The van der Waals surface area contributed by atoms with Crippen molar-refractivity contribution in [1.29, 1.82) is 0 Å². The molecule has 1 heterocycles. The van der Waals surface area contributed by atoms with Crippen LogP contribution in [0.5, 0.6) is 0 Å². The molecule has 19 heavy (non-hydrogen) atoms. The van der Waals surface area contributed by atoms with E-state index in [0.29, 0.717) is 12.2 Å². The lowest BCUT2D eigenvalue weighted by Gasteiger charge is -2.18. The zero-order valence-electron chi connectivity index (χ0n) is 10.0. The molecule has 1 amide bonds. The van der Waals surface area contributed by atoms with Gasteiger partial charge >= 0.3 is 5.97 Å². The van der Waals surface area contributed by atoms with Gasteiger partial charge in [0.15, 0.2) is 6.04 Å². The zero-order chi connectivity index (χ0) is 13.7. The van der Waals surface area contributed by atoms with E-state index in [9.17, 15) is 9.59 Å². The molecule has 2 rings (SSSR count). The average molecular weight is 263 g/mol. The van der Waals surface area contributed by atoms with Crippen LogP contribution in [0.3, 0.4) is 0 Å². The Morgan fingerprint density at radius 3 is 2.53 bits per heavy atom. The van der Waals surface area contributed by atoms with Crippen molar-refractivity contribution in [3.63, 3.8) is 0 Å². The van der Waals surface area contributed by atoms with Crippen LogP contribution in [0.25, 0.3) is 0 Å². The minimum atomic E-state index is -1.14. The molecule has 1 atom stereocenters. The van der Waals surface area contributed by atoms with Crippen molar-refractivity contribution < 1.29 is 24.2 Å². The highest BCUT2D eigenvalue weighted by Crippen LogP contribution is 2.14. The number of ether oxygens (including phenoxy) is 2. The molecule has 0 saturated carbocycles. The van der Waals surface area contributed by atoms with Gasteiger partial charge in [0.05, 0.1) is 0 Å². The highest BCUT2D eigenvalue weighted by molar-refractivity contribution is 5.94. The van der Waals surface area contributed by atoms with Gasteiger partial charge in [-0.1, -0.05) is 30.3 Å². The van der Waals surface area contributed by atoms with Gasteiger partial charge in [0.2, 0.25) is 5.76 Å². The normalized spacial score (nSPS) is 15.5. The van der Waals surface area contributed by atoms with E-state index in [1.54, 1.807) is 30.3 Å². The lowest BCUT2D eigenvalue weighted by atomic mass is 10.1. The number of hydrogen-bond acceptors (Lipinski definition) is 4. The summed E-state index contributed by atoms with van der Waals surface area (Å²) in [5.41, 5.74) is 0.487. The quantitative estimate of drug-likeness (QED) is 0.840. The van der Waals surface area contributed by atoms with E-state index in [4.69, 9.17) is 14.6 Å². The van der Waals surface area contributed by atoms with E-state index in [0.717, 1.165) is 0 Å². The highest BCUT2D eigenvalue weighted by atomic mass is 16.6. The Morgan fingerprint density at radius 1 is 1.21 bits per heavy atom. The van der Waals surface area contributed by atoms with Crippen LogP contribution < -0.4 is 5.32 Å². The molecule has 1 aliphatic heterocycles. The van der Waals surface area contributed by atoms with Crippen molar-refractivity contribution in [2.45, 2.75) is 6.04 Å². The Morgan fingerprint density at radius 2 is 1.95 bits per heavy atom. The van der Waals surface area contributed by atoms with Crippen LogP contribution in [-0.2, 0) is 19.1 Å². The fourth-order valence-electron chi connectivity index (χ4n) is 1.62. The summed E-state index contributed by atoms with van der Waals surface area (Å²) in [6, 6.07) is 7.32. The van der Waals surface area contributed by atoms with Crippen LogP contribution in [0, 0.1) is 0 Å². The van der Waals surface area contributed by atoms with Crippen molar-refractivity contribution in [3.05, 3.63) is 47.9 Å². The first-order valence-electron chi connectivity index (χ1n) is 5.71. The van der Waals surface area contributed by atoms with Crippen LogP contribution in [0.4, 0.5) is 0 Å². The van der Waals surface area contributed by atoms with Gasteiger partial charge < -0.3 is 19.9 Å². The van der Waals surface area contributed by atoms with Crippen LogP contribution in [-0.4, -0.2) is 30.2 Å². The minimum Gasteiger partial charge on any atom is -0.494 e. The molecule has 0 aromatic heterocycles. The molecule has 1 aliphatic rings. The minimum absolute atomic E-state index is 0.0200. The summed E-state index contributed by atoms with van der Waals surface area (Å²) in [5, 5.41) is 11.6. The molecule has 1 aromatic rings. The third-order valence-electron chi connectivity index (χ3n) is 2.53. The Labute approximate surface area is 109 Å². The number of carbonyl (C=O) groups is 2. The second kappa shape index (κ2) is 5.90. The third-order valence-corrected chi connectivity index (χ3v) is 2.53. The molecule has 0 radical (unpaired) electrons. The molecule has 0 saturated heterocycles. The first-order valence-corrected chi connectivity index (χ1v) is 5.71. The lowest BCUT2D eigenvalue weighted by Crippen LogP contribution is -2.36. The molecule has 0 spiro atoms. The van der Waals surface area contributed by atoms with E-state index in [1.165, 1.54) is 6.26 Å². The smallest absolute Gasteiger partial charge is 0.330 e. The molecule has 0 unspecified atom stereocenters. The number of rotatable bonds is 4. The maximum Gasteiger partial charge on any atom is 0.330 e. The largest absolute Gasteiger partial charge is 0.494 e. The Balaban J connectivity index is 2.11. The van der Waals surface area contributed by atoms with Crippen LogP contribution in [0.15, 0.2) is 42.4 Å². The molecule has 6 nitrogen and oxygen atoms in total. The number of benzene rings is 1. The number of amides is 1. The molecular weight excluding hydrogens is 250 g/mol. The van der Waals surface area contributed by atoms with Gasteiger partial charge in [0.1, 0.15) is 19.5 Å². The number of hydrogen-bond donors (Lipinski definition) is 2. The van der Waals surface area contributed by atoms with Crippen molar-refractivity contribution in [1.82, 2.24) is 5.32 Å². The number of carboxylic acids is 1. The fourth-order valence-corrected chi connectivity index (χ4v) is 1.62. The maximum atomic E-state index is 11.8. The molecule has 0 fully saturated rings. The van der Waals surface area contributed by atoms with Gasteiger partial charge in [-0.3, -0.25) is 4.79 Å². The summed E-state index contributed by atoms with van der Waals surface area (Å²) >= 11 is 0. The predicted octanol–water partition coefficient (Wildman–Crippen LogP) is 0.817. The molecule has 100 valence electrons. The summed E-state index contributed by atoms with van der Waals surface area (Å²) in [5.74, 6) is -1.78. The Kier molecular flexibility index (Phi) is 4.02. The SMILES string of the molecule is O=C(N[C@@H](C(=O)O)c1ccccc1)C1=COCCO1. The number of aliphatic carboxylic acids is 1. The van der Waals surface area contributed by atoms with Gasteiger partial charge in [-0.05, 0) is 5.56 Å². The number of nitrogens with one attached hydrogen (secondary N) is 1. The molecule has 1 aromatic carbocycles. The Bertz CT molecular complexity index is 497. The van der Waals surface area contributed by atoms with Crippen LogP contribution >= 0.6 is 0 Å². The molecular formula is C13H13NO5. The van der Waals surface area contributed by atoms with Gasteiger partial charge in [-0.15, -0.1) is 0 Å². The second-order valence-corrected chi connectivity index (χ2v) is 3.86. The summed E-state index contributed by atoms with van der Waals surface area (Å²) < 4.78 is 10.0. The van der Waals surface area contributed by atoms with Crippen molar-refractivity contribution in [2.75, 3.05) is 13.2 Å². The topological polar surface area (TPSA) is 84.9 Å². The van der Waals surface area contributed by atoms with Crippen LogP contribution in [0.2, 0.25) is 0 Å².